The maximum atomic E-state index is 12.6. The first-order valence-electron chi connectivity index (χ1n) is 6.22. The molecule has 102 valence electrons. The van der Waals surface area contributed by atoms with Gasteiger partial charge in [0.15, 0.2) is 5.01 Å². The number of aromatic nitrogens is 1. The van der Waals surface area contributed by atoms with Gasteiger partial charge in [-0.25, -0.2) is 4.98 Å². The minimum atomic E-state index is -4.32. The zero-order chi connectivity index (χ0) is 13.2. The molecule has 1 aromatic heterocycles. The minimum absolute atomic E-state index is 0.172. The summed E-state index contributed by atoms with van der Waals surface area (Å²) in [5.41, 5.74) is 0. The molecule has 1 heterocycles. The van der Waals surface area contributed by atoms with Crippen LogP contribution in [0.3, 0.4) is 0 Å². The van der Waals surface area contributed by atoms with E-state index in [0.29, 0.717) is 0 Å². The Hall–Kier alpha value is -0.620. The molecule has 2 nitrogen and oxygen atoms in total. The van der Waals surface area contributed by atoms with Gasteiger partial charge in [-0.15, -0.1) is 11.3 Å². The average molecular weight is 278 g/mol. The number of alkyl halides is 3. The van der Waals surface area contributed by atoms with Gasteiger partial charge < -0.3 is 5.32 Å². The number of nitrogens with zero attached hydrogens (tertiary/aromatic N) is 1. The zero-order valence-electron chi connectivity index (χ0n) is 10.3. The van der Waals surface area contributed by atoms with Gasteiger partial charge in [0.05, 0.1) is 0 Å². The fraction of sp³-hybridized carbons (Fsp3) is 0.750. The van der Waals surface area contributed by atoms with Gasteiger partial charge in [-0.1, -0.05) is 19.3 Å². The number of hydrogen-bond donors (Lipinski definition) is 1. The molecule has 0 radical (unpaired) electrons. The molecule has 1 aliphatic rings. The van der Waals surface area contributed by atoms with Crippen LogP contribution >= 0.6 is 11.3 Å². The van der Waals surface area contributed by atoms with Crippen LogP contribution in [0, 0.1) is 0 Å². The van der Waals surface area contributed by atoms with Crippen molar-refractivity contribution in [1.82, 2.24) is 10.3 Å². The molecular formula is C12H17F3N2S. The third-order valence-electron chi connectivity index (χ3n) is 3.52. The number of likely N-dealkylation sites (N-methyl/N-ethyl adjacent to an activating group) is 1. The maximum Gasteiger partial charge on any atom is 0.443 e. The first-order valence-corrected chi connectivity index (χ1v) is 7.04. The molecule has 1 fully saturated rings. The van der Waals surface area contributed by atoms with Gasteiger partial charge in [0.1, 0.15) is 0 Å². The van der Waals surface area contributed by atoms with Gasteiger partial charge in [0.2, 0.25) is 0 Å². The van der Waals surface area contributed by atoms with Crippen LogP contribution in [0.1, 0.15) is 47.9 Å². The standard InChI is InChI=1S/C12H17F3N2S/c1-16-9-6-4-2-3-5-8(9)10-7-17-11(18-10)12(13,14)15/h7-9,16H,2-6H2,1H3. The van der Waals surface area contributed by atoms with Crippen LogP contribution in [0.5, 0.6) is 0 Å². The third kappa shape index (κ3) is 3.03. The summed E-state index contributed by atoms with van der Waals surface area (Å²) < 4.78 is 37.7. The quantitative estimate of drug-likeness (QED) is 0.832. The Bertz CT molecular complexity index is 389. The monoisotopic (exact) mass is 278 g/mol. The number of hydrogen-bond acceptors (Lipinski definition) is 3. The molecule has 6 heteroatoms. The molecule has 1 saturated carbocycles. The van der Waals surface area contributed by atoms with E-state index in [1.165, 1.54) is 12.6 Å². The molecule has 0 saturated heterocycles. The highest BCUT2D eigenvalue weighted by atomic mass is 32.1. The van der Waals surface area contributed by atoms with E-state index in [1.807, 2.05) is 7.05 Å². The van der Waals surface area contributed by atoms with Gasteiger partial charge in [-0.2, -0.15) is 13.2 Å². The second-order valence-corrected chi connectivity index (χ2v) is 5.77. The zero-order valence-corrected chi connectivity index (χ0v) is 11.1. The topological polar surface area (TPSA) is 24.9 Å². The van der Waals surface area contributed by atoms with Gasteiger partial charge >= 0.3 is 6.18 Å². The van der Waals surface area contributed by atoms with Crippen molar-refractivity contribution >= 4 is 11.3 Å². The Labute approximate surface area is 109 Å². The van der Waals surface area contributed by atoms with Crippen molar-refractivity contribution in [2.75, 3.05) is 7.05 Å². The van der Waals surface area contributed by atoms with Crippen LogP contribution in [-0.4, -0.2) is 18.1 Å². The predicted molar refractivity (Wildman–Crippen MR) is 65.8 cm³/mol. The van der Waals surface area contributed by atoms with Crippen molar-refractivity contribution in [3.05, 3.63) is 16.1 Å². The molecule has 0 amide bonds. The Morgan fingerprint density at radius 3 is 2.61 bits per heavy atom. The van der Waals surface area contributed by atoms with E-state index >= 15 is 0 Å². The molecule has 2 atom stereocenters. The Morgan fingerprint density at radius 2 is 2.00 bits per heavy atom. The molecule has 0 aliphatic heterocycles. The first kappa shape index (κ1) is 13.8. The fourth-order valence-electron chi connectivity index (χ4n) is 2.58. The molecule has 0 bridgehead atoms. The number of rotatable bonds is 2. The van der Waals surface area contributed by atoms with E-state index in [1.54, 1.807) is 0 Å². The summed E-state index contributed by atoms with van der Waals surface area (Å²) in [4.78, 5) is 4.29. The lowest BCUT2D eigenvalue weighted by Crippen LogP contribution is -2.30. The van der Waals surface area contributed by atoms with Crippen molar-refractivity contribution in [2.24, 2.45) is 0 Å². The number of halogens is 3. The lowest BCUT2D eigenvalue weighted by molar-refractivity contribution is -0.137. The summed E-state index contributed by atoms with van der Waals surface area (Å²) in [5, 5.41) is 2.51. The van der Waals surface area contributed by atoms with Crippen LogP contribution in [0.2, 0.25) is 0 Å². The second kappa shape index (κ2) is 5.57. The van der Waals surface area contributed by atoms with Gasteiger partial charge in [0, 0.05) is 23.0 Å². The molecular weight excluding hydrogens is 261 g/mol. The van der Waals surface area contributed by atoms with Crippen LogP contribution in [0.4, 0.5) is 13.2 Å². The van der Waals surface area contributed by atoms with E-state index in [-0.39, 0.29) is 12.0 Å². The largest absolute Gasteiger partial charge is 0.443 e. The molecule has 1 aromatic rings. The van der Waals surface area contributed by atoms with Gasteiger partial charge in [-0.05, 0) is 19.9 Å². The van der Waals surface area contributed by atoms with E-state index in [4.69, 9.17) is 0 Å². The molecule has 1 N–H and O–H groups in total. The van der Waals surface area contributed by atoms with Gasteiger partial charge in [0.25, 0.3) is 0 Å². The van der Waals surface area contributed by atoms with Crippen LogP contribution < -0.4 is 5.32 Å². The maximum absolute atomic E-state index is 12.6. The summed E-state index contributed by atoms with van der Waals surface area (Å²) in [7, 11) is 1.88. The summed E-state index contributed by atoms with van der Waals surface area (Å²) in [6.07, 6.45) is 2.47. The highest BCUT2D eigenvalue weighted by Gasteiger charge is 2.36. The number of nitrogens with one attached hydrogen (secondary N) is 1. The lowest BCUT2D eigenvalue weighted by atomic mass is 9.94. The Kier molecular flexibility index (Phi) is 4.27. The van der Waals surface area contributed by atoms with Crippen molar-refractivity contribution in [1.29, 1.82) is 0 Å². The summed E-state index contributed by atoms with van der Waals surface area (Å²) in [6, 6.07) is 0.272. The van der Waals surface area contributed by atoms with E-state index in [9.17, 15) is 13.2 Å². The second-order valence-electron chi connectivity index (χ2n) is 4.71. The van der Waals surface area contributed by atoms with Gasteiger partial charge in [-0.3, -0.25) is 0 Å². The highest BCUT2D eigenvalue weighted by molar-refractivity contribution is 7.11. The van der Waals surface area contributed by atoms with E-state index < -0.39 is 11.2 Å². The summed E-state index contributed by atoms with van der Waals surface area (Å²) >= 11 is 0.799. The molecule has 18 heavy (non-hydrogen) atoms. The Balaban J connectivity index is 2.20. The SMILES string of the molecule is CNC1CCCCCC1c1cnc(C(F)(F)F)s1. The van der Waals surface area contributed by atoms with Crippen LogP contribution in [0.15, 0.2) is 6.20 Å². The molecule has 2 rings (SSSR count). The summed E-state index contributed by atoms with van der Waals surface area (Å²) in [6.45, 7) is 0. The van der Waals surface area contributed by atoms with Crippen LogP contribution in [-0.2, 0) is 6.18 Å². The summed E-state index contributed by atoms with van der Waals surface area (Å²) in [5.74, 6) is 0.172. The lowest BCUT2D eigenvalue weighted by Gasteiger charge is -2.23. The average Bonchev–Trinajstić information content (AvgIpc) is 2.68. The van der Waals surface area contributed by atoms with Crippen molar-refractivity contribution in [3.63, 3.8) is 0 Å². The minimum Gasteiger partial charge on any atom is -0.316 e. The highest BCUT2D eigenvalue weighted by Crippen LogP contribution is 2.39. The van der Waals surface area contributed by atoms with E-state index in [0.717, 1.165) is 41.9 Å². The molecule has 1 aliphatic carbocycles. The normalized spacial score (nSPS) is 26.0. The predicted octanol–water partition coefficient (Wildman–Crippen LogP) is 3.80. The van der Waals surface area contributed by atoms with Crippen molar-refractivity contribution < 1.29 is 13.2 Å². The molecule has 2 unspecified atom stereocenters. The Morgan fingerprint density at radius 1 is 1.28 bits per heavy atom. The molecule has 0 aromatic carbocycles. The molecule has 0 spiro atoms. The van der Waals surface area contributed by atoms with Crippen LogP contribution in [0.25, 0.3) is 0 Å². The smallest absolute Gasteiger partial charge is 0.316 e. The number of thiazole rings is 1. The first-order chi connectivity index (χ1) is 8.52. The van der Waals surface area contributed by atoms with Crippen molar-refractivity contribution in [2.45, 2.75) is 50.2 Å². The van der Waals surface area contributed by atoms with E-state index in [2.05, 4.69) is 10.3 Å². The fourth-order valence-corrected chi connectivity index (χ4v) is 3.57. The van der Waals surface area contributed by atoms with Crippen molar-refractivity contribution in [3.8, 4) is 0 Å². The third-order valence-corrected chi connectivity index (χ3v) is 4.69.